The van der Waals surface area contributed by atoms with Gasteiger partial charge in [-0.1, -0.05) is 102 Å². The molecule has 0 atom stereocenters. The van der Waals surface area contributed by atoms with Crippen LogP contribution in [-0.4, -0.2) is 11.6 Å². The van der Waals surface area contributed by atoms with Crippen LogP contribution in [0, 0.1) is 5.92 Å². The van der Waals surface area contributed by atoms with E-state index in [1.165, 1.54) is 101 Å². The summed E-state index contributed by atoms with van der Waals surface area (Å²) in [6.45, 7) is 5.35. The average Bonchev–Trinajstić information content (AvgIpc) is 2.87. The van der Waals surface area contributed by atoms with Crippen LogP contribution in [0.3, 0.4) is 0 Å². The van der Waals surface area contributed by atoms with Gasteiger partial charge < -0.3 is 4.74 Å². The number of pyridine rings is 1. The Bertz CT molecular complexity index is 743. The van der Waals surface area contributed by atoms with E-state index in [-0.39, 0.29) is 0 Å². The second kappa shape index (κ2) is 15.1. The van der Waals surface area contributed by atoms with Gasteiger partial charge in [0.25, 0.3) is 0 Å². The standard InChI is InChI=1S/C31H47NO/c1-3-5-7-9-10-12-24-33-30-22-23-31(32-25-30)29-20-18-28(19-21-29)27-16-14-26(15-17-27)13-11-8-6-4-2/h18-23,25-27H,3-17,24H2,1-2H3. The molecule has 1 aromatic carbocycles. The fraction of sp³-hybridized carbons (Fsp3) is 0.645. The van der Waals surface area contributed by atoms with Gasteiger partial charge in [-0.25, -0.2) is 0 Å². The molecule has 1 aliphatic carbocycles. The van der Waals surface area contributed by atoms with Gasteiger partial charge in [0, 0.05) is 5.56 Å². The molecule has 0 N–H and O–H groups in total. The Kier molecular flexibility index (Phi) is 11.8. The summed E-state index contributed by atoms with van der Waals surface area (Å²) in [6, 6.07) is 13.3. The second-order valence-corrected chi connectivity index (χ2v) is 10.2. The van der Waals surface area contributed by atoms with Gasteiger partial charge in [0.15, 0.2) is 0 Å². The molecule has 0 unspecified atom stereocenters. The Balaban J connectivity index is 1.39. The number of benzene rings is 1. The van der Waals surface area contributed by atoms with Crippen molar-refractivity contribution in [2.75, 3.05) is 6.61 Å². The highest BCUT2D eigenvalue weighted by Gasteiger charge is 2.22. The fourth-order valence-electron chi connectivity index (χ4n) is 5.28. The highest BCUT2D eigenvalue weighted by molar-refractivity contribution is 5.60. The molecule has 0 bridgehead atoms. The van der Waals surface area contributed by atoms with E-state index >= 15 is 0 Å². The van der Waals surface area contributed by atoms with Gasteiger partial charge in [-0.3, -0.25) is 4.98 Å². The minimum Gasteiger partial charge on any atom is -0.492 e. The highest BCUT2D eigenvalue weighted by Crippen LogP contribution is 2.38. The average molecular weight is 450 g/mol. The quantitative estimate of drug-likeness (QED) is 0.252. The summed E-state index contributed by atoms with van der Waals surface area (Å²) in [4.78, 5) is 4.66. The van der Waals surface area contributed by atoms with Crippen molar-refractivity contribution >= 4 is 0 Å². The lowest BCUT2D eigenvalue weighted by Crippen LogP contribution is -2.13. The normalized spacial score (nSPS) is 18.4. The van der Waals surface area contributed by atoms with Crippen molar-refractivity contribution in [3.05, 3.63) is 48.2 Å². The topological polar surface area (TPSA) is 22.1 Å². The van der Waals surface area contributed by atoms with Gasteiger partial charge >= 0.3 is 0 Å². The molecule has 1 saturated carbocycles. The minimum atomic E-state index is 0.747. The smallest absolute Gasteiger partial charge is 0.137 e. The zero-order valence-electron chi connectivity index (χ0n) is 21.4. The van der Waals surface area contributed by atoms with Crippen LogP contribution in [0.2, 0.25) is 0 Å². The summed E-state index contributed by atoms with van der Waals surface area (Å²) in [5.41, 5.74) is 3.75. The van der Waals surface area contributed by atoms with Crippen LogP contribution in [0.5, 0.6) is 5.75 Å². The van der Waals surface area contributed by atoms with Crippen molar-refractivity contribution in [3.63, 3.8) is 0 Å². The van der Waals surface area contributed by atoms with Crippen LogP contribution >= 0.6 is 0 Å². The van der Waals surface area contributed by atoms with Crippen LogP contribution < -0.4 is 4.74 Å². The number of hydrogen-bond donors (Lipinski definition) is 0. The minimum absolute atomic E-state index is 0.747. The maximum Gasteiger partial charge on any atom is 0.137 e. The molecule has 1 fully saturated rings. The zero-order chi connectivity index (χ0) is 23.1. The molecule has 0 saturated heterocycles. The first kappa shape index (κ1) is 25.8. The second-order valence-electron chi connectivity index (χ2n) is 10.2. The molecular weight excluding hydrogens is 402 g/mol. The molecule has 1 aromatic heterocycles. The maximum atomic E-state index is 5.88. The van der Waals surface area contributed by atoms with Gasteiger partial charge in [-0.15, -0.1) is 0 Å². The predicted octanol–water partition coefficient (Wildman–Crippen LogP) is 9.73. The third kappa shape index (κ3) is 9.14. The largest absolute Gasteiger partial charge is 0.492 e. The van der Waals surface area contributed by atoms with E-state index in [0.717, 1.165) is 36.3 Å². The van der Waals surface area contributed by atoms with Gasteiger partial charge in [-0.05, 0) is 61.6 Å². The zero-order valence-corrected chi connectivity index (χ0v) is 21.4. The number of unbranched alkanes of at least 4 members (excludes halogenated alkanes) is 8. The Labute approximate surface area is 203 Å². The van der Waals surface area contributed by atoms with Crippen LogP contribution in [0.15, 0.2) is 42.6 Å². The molecule has 2 nitrogen and oxygen atoms in total. The lowest BCUT2D eigenvalue weighted by Gasteiger charge is -2.29. The Morgan fingerprint density at radius 2 is 1.39 bits per heavy atom. The van der Waals surface area contributed by atoms with E-state index in [9.17, 15) is 0 Å². The van der Waals surface area contributed by atoms with Crippen LogP contribution in [-0.2, 0) is 0 Å². The summed E-state index contributed by atoms with van der Waals surface area (Å²) in [5.74, 6) is 2.61. The molecule has 3 rings (SSSR count). The van der Waals surface area contributed by atoms with Crippen molar-refractivity contribution in [2.24, 2.45) is 5.92 Å². The Hall–Kier alpha value is -1.83. The third-order valence-corrected chi connectivity index (χ3v) is 7.49. The molecule has 0 spiro atoms. The number of rotatable bonds is 15. The number of aromatic nitrogens is 1. The highest BCUT2D eigenvalue weighted by atomic mass is 16.5. The van der Waals surface area contributed by atoms with Crippen LogP contribution in [0.25, 0.3) is 11.3 Å². The van der Waals surface area contributed by atoms with E-state index in [1.807, 2.05) is 6.20 Å². The first-order chi connectivity index (χ1) is 16.3. The summed E-state index contributed by atoms with van der Waals surface area (Å²) in [7, 11) is 0. The fourth-order valence-corrected chi connectivity index (χ4v) is 5.28. The molecule has 1 aliphatic rings. The Morgan fingerprint density at radius 1 is 0.727 bits per heavy atom. The van der Waals surface area contributed by atoms with E-state index in [2.05, 4.69) is 55.2 Å². The van der Waals surface area contributed by atoms with E-state index in [4.69, 9.17) is 4.74 Å². The summed E-state index contributed by atoms with van der Waals surface area (Å²) < 4.78 is 5.88. The molecule has 0 radical (unpaired) electrons. The van der Waals surface area contributed by atoms with Gasteiger partial charge in [0.1, 0.15) is 5.75 Å². The van der Waals surface area contributed by atoms with Crippen molar-refractivity contribution in [1.29, 1.82) is 0 Å². The lowest BCUT2D eigenvalue weighted by molar-refractivity contribution is 0.302. The SMILES string of the molecule is CCCCCCCCOc1ccc(-c2ccc(C3CCC(CCCCCC)CC3)cc2)nc1. The van der Waals surface area contributed by atoms with Crippen molar-refractivity contribution < 1.29 is 4.74 Å². The molecule has 33 heavy (non-hydrogen) atoms. The van der Waals surface area contributed by atoms with Crippen LogP contribution in [0.1, 0.15) is 122 Å². The summed E-state index contributed by atoms with van der Waals surface area (Å²) in [5, 5.41) is 0. The first-order valence-electron chi connectivity index (χ1n) is 14.0. The van der Waals surface area contributed by atoms with E-state index < -0.39 is 0 Å². The third-order valence-electron chi connectivity index (χ3n) is 7.49. The monoisotopic (exact) mass is 449 g/mol. The van der Waals surface area contributed by atoms with Gasteiger partial charge in [-0.2, -0.15) is 0 Å². The maximum absolute atomic E-state index is 5.88. The number of ether oxygens (including phenoxy) is 1. The van der Waals surface area contributed by atoms with E-state index in [0.29, 0.717) is 0 Å². The Morgan fingerprint density at radius 3 is 2.06 bits per heavy atom. The molecule has 2 aromatic rings. The first-order valence-corrected chi connectivity index (χ1v) is 14.0. The van der Waals surface area contributed by atoms with Gasteiger partial charge in [0.05, 0.1) is 18.5 Å². The molecule has 1 heterocycles. The van der Waals surface area contributed by atoms with Crippen molar-refractivity contribution in [2.45, 2.75) is 116 Å². The summed E-state index contributed by atoms with van der Waals surface area (Å²) >= 11 is 0. The van der Waals surface area contributed by atoms with Crippen LogP contribution in [0.4, 0.5) is 0 Å². The van der Waals surface area contributed by atoms with Crippen molar-refractivity contribution in [1.82, 2.24) is 4.98 Å². The summed E-state index contributed by atoms with van der Waals surface area (Å²) in [6.07, 6.45) is 22.2. The number of hydrogen-bond acceptors (Lipinski definition) is 2. The lowest BCUT2D eigenvalue weighted by atomic mass is 9.77. The number of nitrogens with zero attached hydrogens (tertiary/aromatic N) is 1. The molecule has 182 valence electrons. The molecule has 2 heteroatoms. The van der Waals surface area contributed by atoms with Gasteiger partial charge in [0.2, 0.25) is 0 Å². The predicted molar refractivity (Wildman–Crippen MR) is 142 cm³/mol. The molecular formula is C31H47NO. The van der Waals surface area contributed by atoms with E-state index in [1.54, 1.807) is 0 Å². The van der Waals surface area contributed by atoms with Crippen molar-refractivity contribution in [3.8, 4) is 17.0 Å². The molecule has 0 aliphatic heterocycles. The molecule has 0 amide bonds.